The molecule has 5 rings (SSSR count). The van der Waals surface area contributed by atoms with Gasteiger partial charge in [-0.3, -0.25) is 14.2 Å². The fourth-order valence-corrected chi connectivity index (χ4v) is 5.07. The van der Waals surface area contributed by atoms with Gasteiger partial charge in [-0.1, -0.05) is 24.3 Å². The minimum atomic E-state index is -0.270. The van der Waals surface area contributed by atoms with Crippen LogP contribution >= 0.6 is 11.3 Å². The lowest BCUT2D eigenvalue weighted by molar-refractivity contribution is 0.486. The van der Waals surface area contributed by atoms with Crippen LogP contribution in [-0.2, 0) is 19.5 Å². The average Bonchev–Trinajstić information content (AvgIpc) is 3.04. The molecule has 1 aliphatic rings. The van der Waals surface area contributed by atoms with Crippen LogP contribution in [0.2, 0.25) is 0 Å². The van der Waals surface area contributed by atoms with Gasteiger partial charge in [-0.25, -0.2) is 4.98 Å². The third kappa shape index (κ3) is 2.59. The molecule has 8 heteroatoms. The molecule has 1 aliphatic carbocycles. The van der Waals surface area contributed by atoms with Crippen molar-refractivity contribution in [3.8, 4) is 0 Å². The summed E-state index contributed by atoms with van der Waals surface area (Å²) in [5.41, 5.74) is 1.29. The lowest BCUT2D eigenvalue weighted by Crippen LogP contribution is -2.32. The lowest BCUT2D eigenvalue weighted by Gasteiger charge is -2.17. The number of hydrogen-bond donors (Lipinski definition) is 0. The third-order valence-electron chi connectivity index (χ3n) is 5.20. The van der Waals surface area contributed by atoms with E-state index in [1.54, 1.807) is 29.5 Å². The number of thiophene rings is 1. The van der Waals surface area contributed by atoms with Crippen molar-refractivity contribution < 1.29 is 0 Å². The number of benzene rings is 1. The fourth-order valence-electron chi connectivity index (χ4n) is 3.73. The van der Waals surface area contributed by atoms with E-state index in [1.165, 1.54) is 20.5 Å². The highest BCUT2D eigenvalue weighted by atomic mass is 32.1. The molecule has 3 heterocycles. The highest BCUT2D eigenvalue weighted by Gasteiger charge is 2.23. The Hall–Kier alpha value is -2.87. The second-order valence-corrected chi connectivity index (χ2v) is 8.19. The molecule has 0 fully saturated rings. The summed E-state index contributed by atoms with van der Waals surface area (Å²) in [5, 5.41) is 9.24. The Morgan fingerprint density at radius 2 is 2.07 bits per heavy atom. The van der Waals surface area contributed by atoms with E-state index >= 15 is 0 Å². The van der Waals surface area contributed by atoms with E-state index in [0.29, 0.717) is 22.2 Å². The largest absolute Gasteiger partial charge is 0.279 e. The minimum Gasteiger partial charge on any atom is -0.278 e. The fraction of sp³-hybridized carbons (Fsp3) is 0.316. The van der Waals surface area contributed by atoms with Crippen molar-refractivity contribution in [2.24, 2.45) is 5.92 Å². The van der Waals surface area contributed by atoms with E-state index in [9.17, 15) is 9.59 Å². The van der Waals surface area contributed by atoms with Crippen molar-refractivity contribution >= 4 is 32.5 Å². The highest BCUT2D eigenvalue weighted by molar-refractivity contribution is 7.18. The molecule has 0 saturated heterocycles. The zero-order valence-corrected chi connectivity index (χ0v) is 15.6. The van der Waals surface area contributed by atoms with Crippen molar-refractivity contribution in [3.05, 3.63) is 61.7 Å². The molecule has 0 N–H and O–H groups in total. The van der Waals surface area contributed by atoms with Gasteiger partial charge in [0.25, 0.3) is 11.1 Å². The van der Waals surface area contributed by atoms with Gasteiger partial charge in [0.05, 0.1) is 10.8 Å². The molecular formula is C19H17N5O2S. The molecule has 1 unspecified atom stereocenters. The van der Waals surface area contributed by atoms with Gasteiger partial charge >= 0.3 is 0 Å². The summed E-state index contributed by atoms with van der Waals surface area (Å²) in [5.74, 6) is 0.638. The molecule has 136 valence electrons. The molecule has 0 amide bonds. The Kier molecular flexibility index (Phi) is 3.68. The van der Waals surface area contributed by atoms with E-state index in [4.69, 9.17) is 0 Å². The number of aromatic nitrogens is 5. The summed E-state index contributed by atoms with van der Waals surface area (Å²) in [4.78, 5) is 32.3. The van der Waals surface area contributed by atoms with Crippen LogP contribution in [0.25, 0.3) is 21.1 Å². The first-order valence-corrected chi connectivity index (χ1v) is 9.75. The number of aryl methyl sites for hydroxylation is 1. The molecule has 3 aromatic heterocycles. The zero-order valence-electron chi connectivity index (χ0n) is 14.8. The molecule has 0 radical (unpaired) electrons. The van der Waals surface area contributed by atoms with Crippen LogP contribution in [0.3, 0.4) is 0 Å². The van der Waals surface area contributed by atoms with Gasteiger partial charge < -0.3 is 0 Å². The number of fused-ring (bicyclic) bond motifs is 4. The van der Waals surface area contributed by atoms with Crippen LogP contribution in [0.15, 0.2) is 40.2 Å². The normalized spacial score (nSPS) is 16.7. The maximum absolute atomic E-state index is 13.1. The topological polar surface area (TPSA) is 82.7 Å². The molecule has 0 spiro atoms. The van der Waals surface area contributed by atoms with Gasteiger partial charge in [-0.2, -0.15) is 4.68 Å². The molecule has 1 atom stereocenters. The highest BCUT2D eigenvalue weighted by Crippen LogP contribution is 2.35. The number of hydrogen-bond acceptors (Lipinski definition) is 6. The van der Waals surface area contributed by atoms with Gasteiger partial charge in [0.2, 0.25) is 0 Å². The van der Waals surface area contributed by atoms with E-state index in [0.717, 1.165) is 29.7 Å². The Bertz CT molecular complexity index is 1300. The number of rotatable bonds is 2. The zero-order chi connectivity index (χ0) is 18.5. The predicted octanol–water partition coefficient (Wildman–Crippen LogP) is 2.19. The van der Waals surface area contributed by atoms with Crippen molar-refractivity contribution in [2.45, 2.75) is 32.9 Å². The number of nitrogens with zero attached hydrogens (tertiary/aromatic N) is 5. The maximum Gasteiger partial charge on any atom is 0.279 e. The monoisotopic (exact) mass is 379 g/mol. The van der Waals surface area contributed by atoms with Crippen molar-refractivity contribution in [1.82, 2.24) is 24.5 Å². The van der Waals surface area contributed by atoms with Crippen molar-refractivity contribution in [1.29, 1.82) is 0 Å². The quantitative estimate of drug-likeness (QED) is 0.533. The van der Waals surface area contributed by atoms with E-state index in [-0.39, 0.29) is 17.8 Å². The van der Waals surface area contributed by atoms with E-state index < -0.39 is 0 Å². The standard InChI is InChI=1S/C19H17N5O2S/c1-11-6-7-13-15(8-11)27-17-16(13)19(26)23(9-20-17)10-24-18(25)12-4-2-3-5-14(12)21-22-24/h2-5,9,11H,6-8,10H2,1H3. The Labute approximate surface area is 157 Å². The molecule has 7 nitrogen and oxygen atoms in total. The van der Waals surface area contributed by atoms with Crippen LogP contribution < -0.4 is 11.1 Å². The SMILES string of the molecule is CC1CCc2c(sc3ncn(Cn4nnc5ccccc5c4=O)c(=O)c23)C1. The predicted molar refractivity (Wildman–Crippen MR) is 104 cm³/mol. The molecule has 4 aromatic rings. The van der Waals surface area contributed by atoms with E-state index in [2.05, 4.69) is 22.2 Å². The molecular weight excluding hydrogens is 362 g/mol. The smallest absolute Gasteiger partial charge is 0.278 e. The van der Waals surface area contributed by atoms with Gasteiger partial charge in [-0.05, 0) is 42.9 Å². The van der Waals surface area contributed by atoms with Crippen molar-refractivity contribution in [3.63, 3.8) is 0 Å². The first kappa shape index (κ1) is 16.3. The maximum atomic E-state index is 13.1. The third-order valence-corrected chi connectivity index (χ3v) is 6.36. The summed E-state index contributed by atoms with van der Waals surface area (Å²) in [7, 11) is 0. The van der Waals surface area contributed by atoms with Crippen LogP contribution in [0, 0.1) is 5.92 Å². The Balaban J connectivity index is 1.62. The second kappa shape index (κ2) is 6.09. The average molecular weight is 379 g/mol. The van der Waals surface area contributed by atoms with Crippen LogP contribution in [0.4, 0.5) is 0 Å². The lowest BCUT2D eigenvalue weighted by atomic mass is 9.89. The molecule has 0 bridgehead atoms. The summed E-state index contributed by atoms with van der Waals surface area (Å²) >= 11 is 1.62. The molecule has 0 saturated carbocycles. The first-order valence-electron chi connectivity index (χ1n) is 8.94. The molecule has 1 aromatic carbocycles. The van der Waals surface area contributed by atoms with Gasteiger partial charge in [0.1, 0.15) is 23.3 Å². The van der Waals surface area contributed by atoms with Gasteiger partial charge in [0.15, 0.2) is 0 Å². The van der Waals surface area contributed by atoms with Crippen LogP contribution in [-0.4, -0.2) is 24.5 Å². The second-order valence-electron chi connectivity index (χ2n) is 7.10. The molecule has 0 aliphatic heterocycles. The van der Waals surface area contributed by atoms with Crippen LogP contribution in [0.1, 0.15) is 23.8 Å². The van der Waals surface area contributed by atoms with Crippen molar-refractivity contribution in [2.75, 3.05) is 0 Å². The Morgan fingerprint density at radius 3 is 2.96 bits per heavy atom. The Morgan fingerprint density at radius 1 is 1.22 bits per heavy atom. The summed E-state index contributed by atoms with van der Waals surface area (Å²) in [6.45, 7) is 2.24. The summed E-state index contributed by atoms with van der Waals surface area (Å²) in [6, 6.07) is 7.05. The summed E-state index contributed by atoms with van der Waals surface area (Å²) < 4.78 is 2.65. The minimum absolute atomic E-state index is 0.000532. The summed E-state index contributed by atoms with van der Waals surface area (Å²) in [6.07, 6.45) is 4.50. The van der Waals surface area contributed by atoms with Gasteiger partial charge in [-0.15, -0.1) is 16.4 Å². The van der Waals surface area contributed by atoms with Crippen LogP contribution in [0.5, 0.6) is 0 Å². The van der Waals surface area contributed by atoms with Gasteiger partial charge in [0, 0.05) is 4.88 Å². The van der Waals surface area contributed by atoms with E-state index in [1.807, 2.05) is 6.07 Å². The molecule has 27 heavy (non-hydrogen) atoms. The first-order chi connectivity index (χ1) is 13.1.